The molecule has 172 valence electrons. The summed E-state index contributed by atoms with van der Waals surface area (Å²) in [4.78, 5) is 14.3. The number of likely N-dealkylation sites (N-methyl/N-ethyl adjacent to an activating group) is 1. The van der Waals surface area contributed by atoms with Crippen molar-refractivity contribution in [3.8, 4) is 17.2 Å². The molecular weight excluding hydrogens is 411 g/mol. The normalized spacial score (nSPS) is 20.3. The van der Waals surface area contributed by atoms with Crippen LogP contribution in [-0.4, -0.2) is 49.3 Å². The molecule has 1 aliphatic heterocycles. The van der Waals surface area contributed by atoms with Gasteiger partial charge in [0.1, 0.15) is 18.1 Å². The van der Waals surface area contributed by atoms with Crippen LogP contribution in [0.3, 0.4) is 0 Å². The summed E-state index contributed by atoms with van der Waals surface area (Å²) in [5, 5.41) is 12.6. The van der Waals surface area contributed by atoms with E-state index in [1.165, 1.54) is 6.07 Å². The number of benzene rings is 2. The first kappa shape index (κ1) is 22.4. The molecule has 32 heavy (non-hydrogen) atoms. The molecule has 1 heterocycles. The van der Waals surface area contributed by atoms with Crippen molar-refractivity contribution in [3.05, 3.63) is 53.3 Å². The fraction of sp³-hybridized carbons (Fsp3) is 0.480. The van der Waals surface area contributed by atoms with Gasteiger partial charge in [-0.05, 0) is 68.3 Å². The van der Waals surface area contributed by atoms with Crippen LogP contribution < -0.4 is 14.8 Å². The molecule has 2 N–H and O–H groups in total. The maximum Gasteiger partial charge on any atom is 0.257 e. The molecule has 4 rings (SSSR count). The quantitative estimate of drug-likeness (QED) is 0.575. The average Bonchev–Trinajstić information content (AvgIpc) is 3.12. The maximum atomic E-state index is 14.2. The van der Waals surface area contributed by atoms with E-state index in [0.717, 1.165) is 43.7 Å². The van der Waals surface area contributed by atoms with Crippen LogP contribution in [-0.2, 0) is 6.54 Å². The summed E-state index contributed by atoms with van der Waals surface area (Å²) in [6, 6.07) is 10.7. The number of nitrogens with zero attached hydrogens (tertiary/aromatic N) is 1. The second kappa shape index (κ2) is 10.2. The number of ether oxygens (including phenoxy) is 2. The van der Waals surface area contributed by atoms with Gasteiger partial charge in [0.05, 0.1) is 12.2 Å². The van der Waals surface area contributed by atoms with E-state index < -0.39 is 11.6 Å². The maximum absolute atomic E-state index is 14.2. The highest BCUT2D eigenvalue weighted by Crippen LogP contribution is 2.34. The van der Waals surface area contributed by atoms with E-state index in [0.29, 0.717) is 43.7 Å². The average molecular weight is 443 g/mol. The third-order valence-corrected chi connectivity index (χ3v) is 6.43. The lowest BCUT2D eigenvalue weighted by molar-refractivity contribution is 0.0717. The monoisotopic (exact) mass is 442 g/mol. The lowest BCUT2D eigenvalue weighted by Gasteiger charge is -2.31. The lowest BCUT2D eigenvalue weighted by Crippen LogP contribution is -2.32. The predicted molar refractivity (Wildman–Crippen MR) is 120 cm³/mol. The molecule has 0 aromatic heterocycles. The Bertz CT molecular complexity index is 944. The number of amides is 1. The summed E-state index contributed by atoms with van der Waals surface area (Å²) in [6.07, 6.45) is 4.14. The second-order valence-corrected chi connectivity index (χ2v) is 8.74. The van der Waals surface area contributed by atoms with Gasteiger partial charge in [-0.1, -0.05) is 12.1 Å². The Morgan fingerprint density at radius 2 is 1.81 bits per heavy atom. The molecule has 1 saturated carbocycles. The van der Waals surface area contributed by atoms with Gasteiger partial charge in [-0.15, -0.1) is 0 Å². The van der Waals surface area contributed by atoms with Gasteiger partial charge in [0.2, 0.25) is 0 Å². The van der Waals surface area contributed by atoms with Crippen LogP contribution in [0.1, 0.15) is 41.6 Å². The molecule has 0 unspecified atom stereocenters. The Morgan fingerprint density at radius 3 is 2.56 bits per heavy atom. The number of carbonyl (C=O) groups excluding carboxylic acids is 1. The van der Waals surface area contributed by atoms with Crippen molar-refractivity contribution >= 4 is 5.91 Å². The summed E-state index contributed by atoms with van der Waals surface area (Å²) in [5.41, 5.74) is 0.689. The van der Waals surface area contributed by atoms with E-state index >= 15 is 0 Å². The molecule has 0 bridgehead atoms. The van der Waals surface area contributed by atoms with Gasteiger partial charge < -0.3 is 24.8 Å². The van der Waals surface area contributed by atoms with E-state index in [1.54, 1.807) is 11.0 Å². The van der Waals surface area contributed by atoms with Crippen molar-refractivity contribution in [2.24, 2.45) is 11.8 Å². The molecule has 1 amide bonds. The highest BCUT2D eigenvalue weighted by molar-refractivity contribution is 5.99. The molecule has 0 atom stereocenters. The Balaban J connectivity index is 1.22. The zero-order valence-corrected chi connectivity index (χ0v) is 18.5. The van der Waals surface area contributed by atoms with Crippen LogP contribution in [0, 0.1) is 17.7 Å². The van der Waals surface area contributed by atoms with Gasteiger partial charge in [0, 0.05) is 25.7 Å². The summed E-state index contributed by atoms with van der Waals surface area (Å²) in [5.74, 6) is 0.950. The van der Waals surface area contributed by atoms with Gasteiger partial charge in [0.25, 0.3) is 5.91 Å². The van der Waals surface area contributed by atoms with E-state index in [-0.39, 0.29) is 11.5 Å². The van der Waals surface area contributed by atoms with Crippen LogP contribution in [0.4, 0.5) is 4.39 Å². The summed E-state index contributed by atoms with van der Waals surface area (Å²) < 4.78 is 25.9. The number of carbonyl (C=O) groups is 1. The Hall–Kier alpha value is -2.80. The van der Waals surface area contributed by atoms with Crippen LogP contribution in [0.25, 0.3) is 0 Å². The largest absolute Gasteiger partial charge is 0.505 e. The predicted octanol–water partition coefficient (Wildman–Crippen LogP) is 3.97. The molecular formula is C25H31FN2O4. The Kier molecular flexibility index (Phi) is 7.15. The van der Waals surface area contributed by atoms with Gasteiger partial charge in [-0.3, -0.25) is 4.79 Å². The SMILES string of the molecule is CNCCOc1cccc(OC[C@H]2CC[C@H](CN3Cc4ccc(O)c(F)c4C3=O)CC2)c1. The zero-order valence-electron chi connectivity index (χ0n) is 18.5. The number of aromatic hydroxyl groups is 1. The Morgan fingerprint density at radius 1 is 1.09 bits per heavy atom. The molecule has 0 radical (unpaired) electrons. The molecule has 1 aliphatic carbocycles. The fourth-order valence-corrected chi connectivity index (χ4v) is 4.58. The van der Waals surface area contributed by atoms with E-state index in [2.05, 4.69) is 5.32 Å². The lowest BCUT2D eigenvalue weighted by atomic mass is 9.82. The van der Waals surface area contributed by atoms with Gasteiger partial charge >= 0.3 is 0 Å². The molecule has 7 heteroatoms. The summed E-state index contributed by atoms with van der Waals surface area (Å²) >= 11 is 0. The van der Waals surface area contributed by atoms with Crippen molar-refractivity contribution in [3.63, 3.8) is 0 Å². The van der Waals surface area contributed by atoms with Crippen molar-refractivity contribution in [2.75, 3.05) is 33.4 Å². The fourth-order valence-electron chi connectivity index (χ4n) is 4.58. The van der Waals surface area contributed by atoms with Gasteiger partial charge in [0.15, 0.2) is 11.6 Å². The number of halogens is 1. The highest BCUT2D eigenvalue weighted by atomic mass is 19.1. The Labute approximate surface area is 188 Å². The number of hydrogen-bond acceptors (Lipinski definition) is 5. The van der Waals surface area contributed by atoms with Crippen molar-refractivity contribution in [2.45, 2.75) is 32.2 Å². The molecule has 2 aliphatic rings. The van der Waals surface area contributed by atoms with Crippen molar-refractivity contribution in [1.82, 2.24) is 10.2 Å². The minimum Gasteiger partial charge on any atom is -0.505 e. The van der Waals surface area contributed by atoms with Crippen LogP contribution in [0.2, 0.25) is 0 Å². The van der Waals surface area contributed by atoms with Gasteiger partial charge in [-0.25, -0.2) is 4.39 Å². The van der Waals surface area contributed by atoms with Crippen molar-refractivity contribution in [1.29, 1.82) is 0 Å². The van der Waals surface area contributed by atoms with Crippen LogP contribution >= 0.6 is 0 Å². The number of fused-ring (bicyclic) bond motifs is 1. The molecule has 0 saturated heterocycles. The van der Waals surface area contributed by atoms with E-state index in [1.807, 2.05) is 31.3 Å². The molecule has 2 aromatic rings. The zero-order chi connectivity index (χ0) is 22.5. The van der Waals surface area contributed by atoms with E-state index in [9.17, 15) is 14.3 Å². The summed E-state index contributed by atoms with van der Waals surface area (Å²) in [7, 11) is 1.89. The first-order valence-corrected chi connectivity index (χ1v) is 11.3. The molecule has 1 fully saturated rings. The molecule has 0 spiro atoms. The smallest absolute Gasteiger partial charge is 0.257 e. The highest BCUT2D eigenvalue weighted by Gasteiger charge is 2.34. The number of rotatable bonds is 9. The minimum absolute atomic E-state index is 0.0317. The molecule has 2 aromatic carbocycles. The first-order valence-electron chi connectivity index (χ1n) is 11.3. The third-order valence-electron chi connectivity index (χ3n) is 6.43. The summed E-state index contributed by atoms with van der Waals surface area (Å²) in [6.45, 7) is 3.13. The topological polar surface area (TPSA) is 71.0 Å². The number of hydrogen-bond donors (Lipinski definition) is 2. The molecule has 6 nitrogen and oxygen atoms in total. The van der Waals surface area contributed by atoms with Gasteiger partial charge in [-0.2, -0.15) is 0 Å². The van der Waals surface area contributed by atoms with Crippen LogP contribution in [0.5, 0.6) is 17.2 Å². The number of nitrogens with one attached hydrogen (secondary N) is 1. The minimum atomic E-state index is -0.799. The van der Waals surface area contributed by atoms with Crippen molar-refractivity contribution < 1.29 is 23.8 Å². The second-order valence-electron chi connectivity index (χ2n) is 8.74. The van der Waals surface area contributed by atoms with E-state index in [4.69, 9.17) is 9.47 Å². The third kappa shape index (κ3) is 5.15. The standard InChI is InChI=1S/C25H31FN2O4/c1-27-11-12-31-20-3-2-4-21(13-20)32-16-18-7-5-17(6-8-18)14-28-15-19-9-10-22(29)24(26)23(19)25(28)30/h2-4,9-10,13,17-18,27,29H,5-8,11-12,14-16H2,1H3/t17-,18-. The number of phenols is 1. The van der Waals surface area contributed by atoms with Crippen LogP contribution in [0.15, 0.2) is 36.4 Å². The number of phenolic OH excluding ortho intramolecular Hbond substituents is 1. The first-order chi connectivity index (χ1) is 15.5.